The standard InChI is InChI=1S/C12H16N2/c1-4-10-8(2)14(3)12-6-5-9(13)7-11(10)12/h5-7H,4,13H2,1-3H3. The number of fused-ring (bicyclic) bond motifs is 1. The highest BCUT2D eigenvalue weighted by Gasteiger charge is 2.09. The van der Waals surface area contributed by atoms with Crippen LogP contribution in [0.25, 0.3) is 10.9 Å². The predicted molar refractivity (Wildman–Crippen MR) is 61.4 cm³/mol. The van der Waals surface area contributed by atoms with Crippen LogP contribution >= 0.6 is 0 Å². The Balaban J connectivity index is 2.89. The van der Waals surface area contributed by atoms with Gasteiger partial charge in [0, 0.05) is 29.3 Å². The van der Waals surface area contributed by atoms with Crippen LogP contribution in [0.5, 0.6) is 0 Å². The van der Waals surface area contributed by atoms with Gasteiger partial charge in [0.2, 0.25) is 0 Å². The van der Waals surface area contributed by atoms with Gasteiger partial charge in [-0.3, -0.25) is 0 Å². The van der Waals surface area contributed by atoms with Crippen molar-refractivity contribution in [2.24, 2.45) is 7.05 Å². The normalized spacial score (nSPS) is 11.1. The summed E-state index contributed by atoms with van der Waals surface area (Å²) in [6.07, 6.45) is 1.06. The summed E-state index contributed by atoms with van der Waals surface area (Å²) in [6.45, 7) is 4.35. The second kappa shape index (κ2) is 3.05. The van der Waals surface area contributed by atoms with Crippen molar-refractivity contribution >= 4 is 16.6 Å². The second-order valence-corrected chi connectivity index (χ2v) is 3.75. The number of nitrogens with zero attached hydrogens (tertiary/aromatic N) is 1. The van der Waals surface area contributed by atoms with E-state index in [9.17, 15) is 0 Å². The van der Waals surface area contributed by atoms with Crippen molar-refractivity contribution in [2.45, 2.75) is 20.3 Å². The van der Waals surface area contributed by atoms with Crippen molar-refractivity contribution in [3.8, 4) is 0 Å². The molecule has 0 atom stereocenters. The molecule has 14 heavy (non-hydrogen) atoms. The van der Waals surface area contributed by atoms with Gasteiger partial charge in [-0.2, -0.15) is 0 Å². The number of aryl methyl sites for hydroxylation is 2. The monoisotopic (exact) mass is 188 g/mol. The summed E-state index contributed by atoms with van der Waals surface area (Å²) in [7, 11) is 2.10. The molecule has 2 rings (SSSR count). The quantitative estimate of drug-likeness (QED) is 0.685. The number of anilines is 1. The lowest BCUT2D eigenvalue weighted by molar-refractivity contribution is 0.899. The maximum absolute atomic E-state index is 5.80. The number of nitrogens with two attached hydrogens (primary N) is 1. The van der Waals surface area contributed by atoms with Crippen LogP contribution in [0.4, 0.5) is 5.69 Å². The molecule has 0 saturated carbocycles. The number of aromatic nitrogens is 1. The zero-order valence-corrected chi connectivity index (χ0v) is 8.96. The third kappa shape index (κ3) is 1.10. The molecule has 0 unspecified atom stereocenters. The van der Waals surface area contributed by atoms with E-state index >= 15 is 0 Å². The van der Waals surface area contributed by atoms with Gasteiger partial charge in [0.05, 0.1) is 0 Å². The highest BCUT2D eigenvalue weighted by molar-refractivity contribution is 5.88. The molecule has 1 aromatic carbocycles. The van der Waals surface area contributed by atoms with Gasteiger partial charge in [-0.15, -0.1) is 0 Å². The van der Waals surface area contributed by atoms with Crippen molar-refractivity contribution in [2.75, 3.05) is 5.73 Å². The van der Waals surface area contributed by atoms with E-state index in [0.29, 0.717) is 0 Å². The molecule has 1 heterocycles. The number of hydrogen-bond acceptors (Lipinski definition) is 1. The van der Waals surface area contributed by atoms with E-state index in [0.717, 1.165) is 12.1 Å². The molecule has 0 aliphatic heterocycles. The van der Waals surface area contributed by atoms with E-state index in [-0.39, 0.29) is 0 Å². The molecule has 2 N–H and O–H groups in total. The zero-order valence-electron chi connectivity index (χ0n) is 8.96. The minimum absolute atomic E-state index is 0.845. The first-order chi connectivity index (χ1) is 6.65. The lowest BCUT2D eigenvalue weighted by atomic mass is 10.1. The van der Waals surface area contributed by atoms with Crippen LogP contribution < -0.4 is 5.73 Å². The third-order valence-electron chi connectivity index (χ3n) is 3.00. The molecule has 1 aromatic heterocycles. The fraction of sp³-hybridized carbons (Fsp3) is 0.333. The first kappa shape index (κ1) is 9.13. The van der Waals surface area contributed by atoms with Gasteiger partial charge in [0.15, 0.2) is 0 Å². The van der Waals surface area contributed by atoms with E-state index < -0.39 is 0 Å². The van der Waals surface area contributed by atoms with E-state index in [1.54, 1.807) is 0 Å². The molecule has 0 amide bonds. The van der Waals surface area contributed by atoms with Crippen LogP contribution in [-0.4, -0.2) is 4.57 Å². The largest absolute Gasteiger partial charge is 0.399 e. The molecule has 0 bridgehead atoms. The Kier molecular flexibility index (Phi) is 1.99. The number of rotatable bonds is 1. The van der Waals surface area contributed by atoms with Crippen LogP contribution in [0.15, 0.2) is 18.2 Å². The minimum atomic E-state index is 0.845. The Morgan fingerprint density at radius 3 is 2.71 bits per heavy atom. The Labute approximate surface area is 84.3 Å². The van der Waals surface area contributed by atoms with Gasteiger partial charge in [0.1, 0.15) is 0 Å². The molecule has 0 radical (unpaired) electrons. The van der Waals surface area contributed by atoms with Crippen LogP contribution in [-0.2, 0) is 13.5 Å². The Morgan fingerprint density at radius 1 is 1.36 bits per heavy atom. The molecular formula is C12H16N2. The van der Waals surface area contributed by atoms with Crippen LogP contribution in [0, 0.1) is 6.92 Å². The average Bonchev–Trinajstić information content (AvgIpc) is 2.39. The van der Waals surface area contributed by atoms with Crippen molar-refractivity contribution in [3.63, 3.8) is 0 Å². The van der Waals surface area contributed by atoms with Gasteiger partial charge in [0.25, 0.3) is 0 Å². The molecule has 74 valence electrons. The fourth-order valence-electron chi connectivity index (χ4n) is 2.11. The highest BCUT2D eigenvalue weighted by Crippen LogP contribution is 2.26. The summed E-state index contributed by atoms with van der Waals surface area (Å²) in [6, 6.07) is 6.12. The molecule has 2 heteroatoms. The summed E-state index contributed by atoms with van der Waals surface area (Å²) in [5.41, 5.74) is 10.7. The Hall–Kier alpha value is -1.44. The maximum atomic E-state index is 5.80. The lowest BCUT2D eigenvalue weighted by Crippen LogP contribution is -1.91. The van der Waals surface area contributed by atoms with Crippen molar-refractivity contribution in [1.82, 2.24) is 4.57 Å². The van der Waals surface area contributed by atoms with Crippen LogP contribution in [0.2, 0.25) is 0 Å². The minimum Gasteiger partial charge on any atom is -0.399 e. The topological polar surface area (TPSA) is 30.9 Å². The molecule has 2 aromatic rings. The van der Waals surface area contributed by atoms with E-state index in [1.165, 1.54) is 22.2 Å². The van der Waals surface area contributed by atoms with Gasteiger partial charge in [-0.1, -0.05) is 6.92 Å². The van der Waals surface area contributed by atoms with Crippen LogP contribution in [0.1, 0.15) is 18.2 Å². The summed E-state index contributed by atoms with van der Waals surface area (Å²) in [5.74, 6) is 0. The second-order valence-electron chi connectivity index (χ2n) is 3.75. The number of benzene rings is 1. The summed E-state index contributed by atoms with van der Waals surface area (Å²) in [4.78, 5) is 0. The smallest absolute Gasteiger partial charge is 0.0484 e. The summed E-state index contributed by atoms with van der Waals surface area (Å²) < 4.78 is 2.23. The molecule has 0 saturated heterocycles. The maximum Gasteiger partial charge on any atom is 0.0484 e. The van der Waals surface area contributed by atoms with Crippen molar-refractivity contribution in [3.05, 3.63) is 29.5 Å². The Morgan fingerprint density at radius 2 is 2.07 bits per heavy atom. The van der Waals surface area contributed by atoms with Gasteiger partial charge >= 0.3 is 0 Å². The summed E-state index contributed by atoms with van der Waals surface area (Å²) in [5, 5.41) is 1.30. The molecule has 0 fully saturated rings. The van der Waals surface area contributed by atoms with E-state index in [1.807, 2.05) is 6.07 Å². The predicted octanol–water partition coefficient (Wildman–Crippen LogP) is 2.63. The zero-order chi connectivity index (χ0) is 10.3. The van der Waals surface area contributed by atoms with Gasteiger partial charge in [-0.05, 0) is 37.1 Å². The number of nitrogen functional groups attached to an aromatic ring is 1. The molecule has 0 spiro atoms. The Bertz CT molecular complexity index is 481. The van der Waals surface area contributed by atoms with E-state index in [4.69, 9.17) is 5.73 Å². The average molecular weight is 188 g/mol. The lowest BCUT2D eigenvalue weighted by Gasteiger charge is -1.98. The van der Waals surface area contributed by atoms with Gasteiger partial charge in [-0.25, -0.2) is 0 Å². The summed E-state index contributed by atoms with van der Waals surface area (Å²) >= 11 is 0. The van der Waals surface area contributed by atoms with E-state index in [2.05, 4.69) is 37.6 Å². The third-order valence-corrected chi connectivity index (χ3v) is 3.00. The fourth-order valence-corrected chi connectivity index (χ4v) is 2.11. The first-order valence-electron chi connectivity index (χ1n) is 4.98. The molecular weight excluding hydrogens is 172 g/mol. The molecule has 0 aliphatic rings. The molecule has 2 nitrogen and oxygen atoms in total. The first-order valence-corrected chi connectivity index (χ1v) is 4.98. The molecule has 0 aliphatic carbocycles. The number of hydrogen-bond donors (Lipinski definition) is 1. The van der Waals surface area contributed by atoms with Gasteiger partial charge < -0.3 is 10.3 Å². The SMILES string of the molecule is CCc1c(C)n(C)c2ccc(N)cc12. The van der Waals surface area contributed by atoms with Crippen molar-refractivity contribution in [1.29, 1.82) is 0 Å². The van der Waals surface area contributed by atoms with Crippen molar-refractivity contribution < 1.29 is 0 Å². The van der Waals surface area contributed by atoms with Crippen LogP contribution in [0.3, 0.4) is 0 Å². The highest BCUT2D eigenvalue weighted by atomic mass is 14.9.